The second-order valence-electron chi connectivity index (χ2n) is 8.20. The highest BCUT2D eigenvalue weighted by Crippen LogP contribution is 2.31. The number of carbonyl (C=O) groups is 2. The van der Waals surface area contributed by atoms with E-state index in [1.165, 1.54) is 10.5 Å². The molecule has 1 aliphatic heterocycles. The van der Waals surface area contributed by atoms with Gasteiger partial charge in [0.25, 0.3) is 5.91 Å². The quantitative estimate of drug-likeness (QED) is 0.633. The lowest BCUT2D eigenvalue weighted by atomic mass is 9.97. The molecule has 0 saturated carbocycles. The highest BCUT2D eigenvalue weighted by atomic mass is 19.4. The minimum absolute atomic E-state index is 0.116. The fourth-order valence-electron chi connectivity index (χ4n) is 4.13. The van der Waals surface area contributed by atoms with Crippen molar-refractivity contribution in [1.82, 2.24) is 24.8 Å². The van der Waals surface area contributed by atoms with Crippen LogP contribution in [0, 0.1) is 6.92 Å². The monoisotopic (exact) mass is 459 g/mol. The Morgan fingerprint density at radius 1 is 1.15 bits per heavy atom. The summed E-state index contributed by atoms with van der Waals surface area (Å²) in [4.78, 5) is 26.7. The van der Waals surface area contributed by atoms with Crippen LogP contribution in [0.1, 0.15) is 52.5 Å². The van der Waals surface area contributed by atoms with Gasteiger partial charge in [-0.05, 0) is 43.5 Å². The van der Waals surface area contributed by atoms with Crippen molar-refractivity contribution >= 4 is 17.5 Å². The van der Waals surface area contributed by atoms with E-state index in [0.29, 0.717) is 43.0 Å². The summed E-state index contributed by atoms with van der Waals surface area (Å²) in [5.74, 6) is -0.147. The number of aromatic nitrogens is 3. The Bertz CT molecular complexity index is 1170. The van der Waals surface area contributed by atoms with E-state index in [-0.39, 0.29) is 30.7 Å². The molecule has 0 bridgehead atoms. The number of carbonyl (C=O) groups excluding carboxylic acids is 2. The maximum atomic E-state index is 13.1. The van der Waals surface area contributed by atoms with Gasteiger partial charge in [0, 0.05) is 43.7 Å². The van der Waals surface area contributed by atoms with E-state index >= 15 is 0 Å². The van der Waals surface area contributed by atoms with Gasteiger partial charge in [-0.15, -0.1) is 10.2 Å². The van der Waals surface area contributed by atoms with Crippen LogP contribution in [0.3, 0.4) is 0 Å². The number of pyridine rings is 1. The Kier molecular flexibility index (Phi) is 6.35. The number of hydrogen-bond donors (Lipinski definition) is 1. The summed E-state index contributed by atoms with van der Waals surface area (Å²) in [7, 11) is 0. The molecule has 1 saturated heterocycles. The van der Waals surface area contributed by atoms with Crippen LogP contribution in [0.5, 0.6) is 0 Å². The zero-order valence-electron chi connectivity index (χ0n) is 18.1. The molecule has 3 aromatic rings. The summed E-state index contributed by atoms with van der Waals surface area (Å²) in [6.07, 6.45) is -1.91. The zero-order valence-corrected chi connectivity index (χ0v) is 18.1. The molecule has 2 aromatic heterocycles. The first-order valence-corrected chi connectivity index (χ1v) is 10.8. The summed E-state index contributed by atoms with van der Waals surface area (Å²) in [6.45, 7) is 2.96. The lowest BCUT2D eigenvalue weighted by Crippen LogP contribution is -2.41. The van der Waals surface area contributed by atoms with Crippen molar-refractivity contribution in [2.75, 3.05) is 19.6 Å². The number of piperidine rings is 1. The average Bonchev–Trinajstić information content (AvgIpc) is 3.22. The van der Waals surface area contributed by atoms with E-state index < -0.39 is 11.7 Å². The van der Waals surface area contributed by atoms with Gasteiger partial charge in [0.1, 0.15) is 5.82 Å². The molecule has 1 aromatic carbocycles. The number of nitrogens with one attached hydrogen (secondary N) is 1. The smallest absolute Gasteiger partial charge is 0.352 e. The normalized spacial score (nSPS) is 16.7. The first-order chi connectivity index (χ1) is 15.7. The number of halogens is 3. The Morgan fingerprint density at radius 3 is 2.70 bits per heavy atom. The van der Waals surface area contributed by atoms with Crippen LogP contribution >= 0.6 is 0 Å². The Balaban J connectivity index is 1.39. The van der Waals surface area contributed by atoms with Gasteiger partial charge in [0.15, 0.2) is 5.65 Å². The molecule has 1 N–H and O–H groups in total. The van der Waals surface area contributed by atoms with E-state index in [0.717, 1.165) is 17.8 Å². The molecule has 1 fully saturated rings. The third-order valence-corrected chi connectivity index (χ3v) is 5.91. The number of alkyl halides is 3. The SMILES string of the molecule is Cc1ccccc1C(=O)NCCC(=O)N1CCCC(c2nnc3ccc(C(F)(F)F)cn23)C1. The Labute approximate surface area is 188 Å². The second kappa shape index (κ2) is 9.21. The fourth-order valence-corrected chi connectivity index (χ4v) is 4.13. The van der Waals surface area contributed by atoms with Crippen LogP contribution in [0.2, 0.25) is 0 Å². The van der Waals surface area contributed by atoms with Crippen molar-refractivity contribution in [3.63, 3.8) is 0 Å². The molecular weight excluding hydrogens is 435 g/mol. The van der Waals surface area contributed by atoms with Gasteiger partial charge in [-0.3, -0.25) is 14.0 Å². The molecule has 4 rings (SSSR count). The molecule has 3 heterocycles. The minimum Gasteiger partial charge on any atom is -0.352 e. The summed E-state index contributed by atoms with van der Waals surface area (Å²) < 4.78 is 40.8. The number of benzene rings is 1. The fraction of sp³-hybridized carbons (Fsp3) is 0.391. The zero-order chi connectivity index (χ0) is 23.6. The van der Waals surface area contributed by atoms with Gasteiger partial charge < -0.3 is 10.2 Å². The van der Waals surface area contributed by atoms with Gasteiger partial charge in [0.2, 0.25) is 5.91 Å². The summed E-state index contributed by atoms with van der Waals surface area (Å²) in [5, 5.41) is 10.9. The van der Waals surface area contributed by atoms with Crippen LogP contribution < -0.4 is 5.32 Å². The number of fused-ring (bicyclic) bond motifs is 1. The van der Waals surface area contributed by atoms with Gasteiger partial charge in [0.05, 0.1) is 5.56 Å². The first kappa shape index (κ1) is 22.8. The predicted octanol–water partition coefficient (Wildman–Crippen LogP) is 3.58. The molecule has 0 spiro atoms. The number of nitrogens with zero attached hydrogens (tertiary/aromatic N) is 4. The lowest BCUT2D eigenvalue weighted by molar-refractivity contribution is -0.137. The molecule has 33 heavy (non-hydrogen) atoms. The summed E-state index contributed by atoms with van der Waals surface area (Å²) in [6, 6.07) is 9.49. The van der Waals surface area contributed by atoms with Crippen molar-refractivity contribution in [1.29, 1.82) is 0 Å². The van der Waals surface area contributed by atoms with Gasteiger partial charge in [-0.25, -0.2) is 0 Å². The third kappa shape index (κ3) is 4.99. The largest absolute Gasteiger partial charge is 0.417 e. The Morgan fingerprint density at radius 2 is 1.94 bits per heavy atom. The molecule has 1 atom stereocenters. The molecule has 2 amide bonds. The molecule has 174 valence electrons. The molecule has 1 unspecified atom stereocenters. The van der Waals surface area contributed by atoms with E-state index in [4.69, 9.17) is 0 Å². The van der Waals surface area contributed by atoms with E-state index in [9.17, 15) is 22.8 Å². The molecule has 0 aliphatic carbocycles. The second-order valence-corrected chi connectivity index (χ2v) is 8.20. The van der Waals surface area contributed by atoms with Crippen LogP contribution in [0.15, 0.2) is 42.6 Å². The number of aryl methyl sites for hydroxylation is 1. The standard InChI is InChI=1S/C23H24F3N5O2/c1-15-5-2-3-7-18(15)22(33)27-11-10-20(32)30-12-4-6-16(13-30)21-29-28-19-9-8-17(14-31(19)21)23(24,25)26/h2-3,5,7-9,14,16H,4,6,10-13H2,1H3,(H,27,33). The Hall–Kier alpha value is -3.43. The highest BCUT2D eigenvalue weighted by molar-refractivity contribution is 5.95. The summed E-state index contributed by atoms with van der Waals surface area (Å²) >= 11 is 0. The molecular formula is C23H24F3N5O2. The van der Waals surface area contributed by atoms with Crippen LogP contribution in [-0.4, -0.2) is 50.9 Å². The molecule has 0 radical (unpaired) electrons. The van der Waals surface area contributed by atoms with Crippen molar-refractivity contribution < 1.29 is 22.8 Å². The summed E-state index contributed by atoms with van der Waals surface area (Å²) in [5.41, 5.74) is 0.985. The van der Waals surface area contributed by atoms with Crippen molar-refractivity contribution in [3.8, 4) is 0 Å². The topological polar surface area (TPSA) is 79.6 Å². The third-order valence-electron chi connectivity index (χ3n) is 5.91. The number of likely N-dealkylation sites (tertiary alicyclic amines) is 1. The number of amides is 2. The average molecular weight is 459 g/mol. The molecule has 10 heteroatoms. The predicted molar refractivity (Wildman–Crippen MR) is 115 cm³/mol. The van der Waals surface area contributed by atoms with E-state index in [2.05, 4.69) is 15.5 Å². The van der Waals surface area contributed by atoms with Crippen molar-refractivity contribution in [2.45, 2.75) is 38.3 Å². The number of rotatable bonds is 5. The maximum Gasteiger partial charge on any atom is 0.417 e. The van der Waals surface area contributed by atoms with Crippen molar-refractivity contribution in [3.05, 3.63) is 65.1 Å². The van der Waals surface area contributed by atoms with Gasteiger partial charge in [-0.1, -0.05) is 18.2 Å². The van der Waals surface area contributed by atoms with Crippen LogP contribution in [0.25, 0.3) is 5.65 Å². The minimum atomic E-state index is -4.47. The van der Waals surface area contributed by atoms with Crippen molar-refractivity contribution in [2.24, 2.45) is 0 Å². The van der Waals surface area contributed by atoms with Crippen LogP contribution in [0.4, 0.5) is 13.2 Å². The highest BCUT2D eigenvalue weighted by Gasteiger charge is 2.32. The maximum absolute atomic E-state index is 13.1. The van der Waals surface area contributed by atoms with E-state index in [1.807, 2.05) is 19.1 Å². The first-order valence-electron chi connectivity index (χ1n) is 10.8. The van der Waals surface area contributed by atoms with Crippen LogP contribution in [-0.2, 0) is 11.0 Å². The molecule has 7 nitrogen and oxygen atoms in total. The molecule has 1 aliphatic rings. The van der Waals surface area contributed by atoms with Gasteiger partial charge in [-0.2, -0.15) is 13.2 Å². The van der Waals surface area contributed by atoms with Gasteiger partial charge >= 0.3 is 6.18 Å². The number of hydrogen-bond acceptors (Lipinski definition) is 4. The van der Waals surface area contributed by atoms with E-state index in [1.54, 1.807) is 17.0 Å². The lowest BCUT2D eigenvalue weighted by Gasteiger charge is -2.32.